The van der Waals surface area contributed by atoms with Gasteiger partial charge in [0.05, 0.1) is 18.6 Å². The first-order valence-electron chi connectivity index (χ1n) is 7.53. The number of benzene rings is 1. The van der Waals surface area contributed by atoms with Gasteiger partial charge < -0.3 is 10.1 Å². The van der Waals surface area contributed by atoms with Crippen LogP contribution in [0.3, 0.4) is 0 Å². The summed E-state index contributed by atoms with van der Waals surface area (Å²) in [6.45, 7) is 9.66. The molecule has 0 spiro atoms. The molecule has 3 rings (SSSR count). The molecule has 2 heteroatoms. The molecule has 0 aromatic heterocycles. The molecule has 2 aliphatic rings. The molecule has 0 saturated carbocycles. The molecule has 104 valence electrons. The van der Waals surface area contributed by atoms with E-state index in [0.717, 1.165) is 19.8 Å². The Morgan fingerprint density at radius 1 is 1.11 bits per heavy atom. The minimum Gasteiger partial charge on any atom is -0.379 e. The van der Waals surface area contributed by atoms with Crippen molar-refractivity contribution in [3.05, 3.63) is 34.4 Å². The number of hydrogen-bond donors (Lipinski definition) is 1. The van der Waals surface area contributed by atoms with Crippen molar-refractivity contribution in [3.63, 3.8) is 0 Å². The van der Waals surface area contributed by atoms with E-state index in [0.29, 0.717) is 6.04 Å². The topological polar surface area (TPSA) is 21.3 Å². The van der Waals surface area contributed by atoms with Gasteiger partial charge in [-0.25, -0.2) is 0 Å². The molecule has 0 bridgehead atoms. The first-order valence-corrected chi connectivity index (χ1v) is 7.53. The molecule has 0 aliphatic carbocycles. The Morgan fingerprint density at radius 3 is 2.47 bits per heavy atom. The summed E-state index contributed by atoms with van der Waals surface area (Å²) in [6, 6.07) is 5.22. The van der Waals surface area contributed by atoms with Crippen molar-refractivity contribution in [3.8, 4) is 0 Å². The largest absolute Gasteiger partial charge is 0.379 e. The lowest BCUT2D eigenvalue weighted by Crippen LogP contribution is -2.61. The van der Waals surface area contributed by atoms with Crippen LogP contribution in [-0.4, -0.2) is 25.8 Å². The predicted octanol–water partition coefficient (Wildman–Crippen LogP) is 3.02. The summed E-state index contributed by atoms with van der Waals surface area (Å²) in [5, 5.41) is 3.74. The molecule has 0 radical (unpaired) electrons. The van der Waals surface area contributed by atoms with Crippen LogP contribution in [-0.2, 0) is 10.2 Å². The summed E-state index contributed by atoms with van der Waals surface area (Å²) in [6.07, 6.45) is 3.96. The van der Waals surface area contributed by atoms with Crippen molar-refractivity contribution in [1.82, 2.24) is 5.32 Å². The Balaban J connectivity index is 2.00. The summed E-state index contributed by atoms with van der Waals surface area (Å²) in [7, 11) is 0. The maximum Gasteiger partial charge on any atom is 0.0600 e. The maximum absolute atomic E-state index is 5.63. The van der Waals surface area contributed by atoms with Crippen LogP contribution in [0.4, 0.5) is 0 Å². The fourth-order valence-corrected chi connectivity index (χ4v) is 3.69. The highest BCUT2D eigenvalue weighted by molar-refractivity contribution is 5.45. The molecule has 1 aromatic rings. The molecule has 2 fully saturated rings. The van der Waals surface area contributed by atoms with E-state index in [4.69, 9.17) is 4.74 Å². The van der Waals surface area contributed by atoms with Gasteiger partial charge in [0.1, 0.15) is 0 Å². The summed E-state index contributed by atoms with van der Waals surface area (Å²) in [5.74, 6) is 0. The Morgan fingerprint density at radius 2 is 1.89 bits per heavy atom. The molecule has 2 aliphatic heterocycles. The van der Waals surface area contributed by atoms with Crippen LogP contribution in [0.2, 0.25) is 0 Å². The standard InChI is InChI=1S/C17H25NO/c1-12-7-8-15(14(3)13(12)2)17(10-19-11-17)16-6-4-5-9-18-16/h7-8,16,18H,4-6,9-11H2,1-3H3. The van der Waals surface area contributed by atoms with Crippen LogP contribution < -0.4 is 5.32 Å². The van der Waals surface area contributed by atoms with Crippen molar-refractivity contribution < 1.29 is 4.74 Å². The van der Waals surface area contributed by atoms with Crippen molar-refractivity contribution in [2.45, 2.75) is 51.5 Å². The molecule has 1 N–H and O–H groups in total. The number of rotatable bonds is 2. The molecular weight excluding hydrogens is 234 g/mol. The molecule has 1 aromatic carbocycles. The third-order valence-electron chi connectivity index (χ3n) is 5.29. The van der Waals surface area contributed by atoms with Crippen LogP contribution in [0.15, 0.2) is 12.1 Å². The van der Waals surface area contributed by atoms with E-state index in [9.17, 15) is 0 Å². The number of hydrogen-bond acceptors (Lipinski definition) is 2. The van der Waals surface area contributed by atoms with Crippen molar-refractivity contribution in [1.29, 1.82) is 0 Å². The highest BCUT2D eigenvalue weighted by Crippen LogP contribution is 2.41. The predicted molar refractivity (Wildman–Crippen MR) is 78.8 cm³/mol. The average Bonchev–Trinajstić information content (AvgIpc) is 2.39. The Kier molecular flexibility index (Phi) is 3.40. The number of piperidine rings is 1. The van der Waals surface area contributed by atoms with Crippen molar-refractivity contribution in [2.24, 2.45) is 0 Å². The van der Waals surface area contributed by atoms with Gasteiger partial charge in [-0.15, -0.1) is 0 Å². The summed E-state index contributed by atoms with van der Waals surface area (Å²) < 4.78 is 5.63. The van der Waals surface area contributed by atoms with Crippen LogP contribution in [0.1, 0.15) is 41.5 Å². The number of nitrogens with one attached hydrogen (secondary N) is 1. The van der Waals surface area contributed by atoms with E-state index in [1.54, 1.807) is 0 Å². The fourth-order valence-electron chi connectivity index (χ4n) is 3.69. The molecule has 19 heavy (non-hydrogen) atoms. The zero-order valence-corrected chi connectivity index (χ0v) is 12.4. The van der Waals surface area contributed by atoms with Gasteiger partial charge >= 0.3 is 0 Å². The lowest BCUT2D eigenvalue weighted by atomic mass is 9.68. The van der Waals surface area contributed by atoms with Crippen molar-refractivity contribution >= 4 is 0 Å². The summed E-state index contributed by atoms with van der Waals surface area (Å²) >= 11 is 0. The zero-order chi connectivity index (χ0) is 13.5. The van der Waals surface area contributed by atoms with E-state index in [1.165, 1.54) is 41.5 Å². The highest BCUT2D eigenvalue weighted by Gasteiger charge is 2.48. The SMILES string of the molecule is Cc1ccc(C2(C3CCCCN3)COC2)c(C)c1C. The lowest BCUT2D eigenvalue weighted by Gasteiger charge is -2.50. The van der Waals surface area contributed by atoms with E-state index in [-0.39, 0.29) is 5.41 Å². The van der Waals surface area contributed by atoms with Gasteiger partial charge in [0.15, 0.2) is 0 Å². The van der Waals surface area contributed by atoms with Crippen LogP contribution in [0, 0.1) is 20.8 Å². The maximum atomic E-state index is 5.63. The second kappa shape index (κ2) is 4.92. The molecule has 1 atom stereocenters. The summed E-state index contributed by atoms with van der Waals surface area (Å²) in [5.41, 5.74) is 6.05. The third kappa shape index (κ3) is 2.02. The third-order valence-corrected chi connectivity index (χ3v) is 5.29. The minimum absolute atomic E-state index is 0.225. The van der Waals surface area contributed by atoms with Crippen LogP contribution in [0.25, 0.3) is 0 Å². The minimum atomic E-state index is 0.225. The van der Waals surface area contributed by atoms with E-state index >= 15 is 0 Å². The molecule has 2 heterocycles. The molecule has 2 nitrogen and oxygen atoms in total. The zero-order valence-electron chi connectivity index (χ0n) is 12.4. The quantitative estimate of drug-likeness (QED) is 0.881. The van der Waals surface area contributed by atoms with Crippen LogP contribution in [0.5, 0.6) is 0 Å². The van der Waals surface area contributed by atoms with Gasteiger partial charge in [0.2, 0.25) is 0 Å². The lowest BCUT2D eigenvalue weighted by molar-refractivity contribution is -0.0830. The van der Waals surface area contributed by atoms with Gasteiger partial charge in [-0.05, 0) is 62.4 Å². The number of ether oxygens (including phenoxy) is 1. The van der Waals surface area contributed by atoms with Gasteiger partial charge in [-0.1, -0.05) is 18.6 Å². The molecular formula is C17H25NO. The fraction of sp³-hybridized carbons (Fsp3) is 0.647. The molecule has 1 unspecified atom stereocenters. The summed E-state index contributed by atoms with van der Waals surface area (Å²) in [4.78, 5) is 0. The Labute approximate surface area is 116 Å². The highest BCUT2D eigenvalue weighted by atomic mass is 16.5. The van der Waals surface area contributed by atoms with Gasteiger partial charge in [0.25, 0.3) is 0 Å². The Hall–Kier alpha value is -0.860. The second-order valence-electron chi connectivity index (χ2n) is 6.33. The normalized spacial score (nSPS) is 25.9. The van der Waals surface area contributed by atoms with Crippen molar-refractivity contribution in [2.75, 3.05) is 19.8 Å². The van der Waals surface area contributed by atoms with Crippen LogP contribution >= 0.6 is 0 Å². The van der Waals surface area contributed by atoms with Gasteiger partial charge in [0, 0.05) is 6.04 Å². The first kappa shape index (κ1) is 13.1. The second-order valence-corrected chi connectivity index (χ2v) is 6.33. The Bertz CT molecular complexity index is 470. The smallest absolute Gasteiger partial charge is 0.0600 e. The van der Waals surface area contributed by atoms with E-state index in [1.807, 2.05) is 0 Å². The first-order chi connectivity index (χ1) is 9.15. The monoisotopic (exact) mass is 259 g/mol. The van der Waals surface area contributed by atoms with Gasteiger partial charge in [-0.3, -0.25) is 0 Å². The van der Waals surface area contributed by atoms with E-state index < -0.39 is 0 Å². The molecule has 2 saturated heterocycles. The number of aryl methyl sites for hydroxylation is 1. The van der Waals surface area contributed by atoms with E-state index in [2.05, 4.69) is 38.2 Å². The molecule has 0 amide bonds. The average molecular weight is 259 g/mol. The van der Waals surface area contributed by atoms with Gasteiger partial charge in [-0.2, -0.15) is 0 Å².